The van der Waals surface area contributed by atoms with Crippen molar-refractivity contribution in [2.24, 2.45) is 5.92 Å². The molecule has 0 saturated carbocycles. The number of H-pyrrole nitrogens is 1. The molecule has 1 aliphatic heterocycles. The normalized spacial score (nSPS) is 17.6. The maximum Gasteiger partial charge on any atom is 0.295 e. The van der Waals surface area contributed by atoms with E-state index in [1.165, 1.54) is 0 Å². The summed E-state index contributed by atoms with van der Waals surface area (Å²) in [4.78, 5) is 4.88. The Balaban J connectivity index is 2.37. The first kappa shape index (κ1) is 13.5. The minimum Gasteiger partial charge on any atom is -0.369 e. The second kappa shape index (κ2) is 5.40. The van der Waals surface area contributed by atoms with Crippen molar-refractivity contribution in [2.75, 3.05) is 18.0 Å². The van der Waals surface area contributed by atoms with Crippen LogP contribution in [0.5, 0.6) is 0 Å². The summed E-state index contributed by atoms with van der Waals surface area (Å²) in [5, 5.41) is 1.54. The summed E-state index contributed by atoms with van der Waals surface area (Å²) in [7, 11) is 0. The van der Waals surface area contributed by atoms with Gasteiger partial charge in [-0.15, -0.1) is 0 Å². The Bertz CT molecular complexity index is 402. The topological polar surface area (TPSA) is 17.4 Å². The molecule has 0 aromatic carbocycles. The molecule has 0 atom stereocenters. The Morgan fingerprint density at radius 3 is 1.94 bits per heavy atom. The van der Waals surface area contributed by atoms with E-state index in [4.69, 9.17) is 46.4 Å². The summed E-state index contributed by atoms with van der Waals surface area (Å²) < 4.78 is 0. The largest absolute Gasteiger partial charge is 0.369 e. The zero-order valence-electron chi connectivity index (χ0n) is 9.36. The predicted molar refractivity (Wildman–Crippen MR) is 73.6 cm³/mol. The van der Waals surface area contributed by atoms with Crippen LogP contribution in [0.4, 0.5) is 5.69 Å². The van der Waals surface area contributed by atoms with E-state index < -0.39 is 0 Å². The van der Waals surface area contributed by atoms with E-state index in [0.29, 0.717) is 20.4 Å². The number of aromatic amines is 1. The number of hydrogen-bond donors (Lipinski definition) is 0. The van der Waals surface area contributed by atoms with Crippen LogP contribution in [0.25, 0.3) is 0 Å². The fourth-order valence-electron chi connectivity index (χ4n) is 2.02. The molecular formula is C11H13Cl4N2+. The second-order valence-electron chi connectivity index (χ2n) is 4.40. The average Bonchev–Trinajstić information content (AvgIpc) is 2.29. The molecule has 1 fully saturated rings. The molecule has 1 N–H and O–H groups in total. The number of piperidine rings is 1. The Morgan fingerprint density at radius 2 is 1.47 bits per heavy atom. The number of nitrogens with zero attached hydrogens (tertiary/aromatic N) is 1. The Kier molecular flexibility index (Phi) is 4.30. The highest BCUT2D eigenvalue weighted by Crippen LogP contribution is 2.40. The summed E-state index contributed by atoms with van der Waals surface area (Å²) in [5.74, 6) is 0.741. The fraction of sp³-hybridized carbons (Fsp3) is 0.545. The van der Waals surface area contributed by atoms with Crippen LogP contribution in [0.3, 0.4) is 0 Å². The van der Waals surface area contributed by atoms with Gasteiger partial charge < -0.3 is 4.90 Å². The van der Waals surface area contributed by atoms with Crippen LogP contribution >= 0.6 is 46.4 Å². The van der Waals surface area contributed by atoms with Gasteiger partial charge in [0.15, 0.2) is 0 Å². The molecule has 0 spiro atoms. The third kappa shape index (κ3) is 2.76. The number of hydrogen-bond acceptors (Lipinski definition) is 1. The molecule has 17 heavy (non-hydrogen) atoms. The van der Waals surface area contributed by atoms with E-state index in [2.05, 4.69) is 16.8 Å². The monoisotopic (exact) mass is 313 g/mol. The average molecular weight is 315 g/mol. The predicted octanol–water partition coefficient (Wildman–Crippen LogP) is 4.35. The van der Waals surface area contributed by atoms with Gasteiger partial charge in [-0.2, -0.15) is 4.98 Å². The summed E-state index contributed by atoms with van der Waals surface area (Å²) in [6.45, 7) is 4.10. The highest BCUT2D eigenvalue weighted by Gasteiger charge is 2.27. The van der Waals surface area contributed by atoms with Crippen LogP contribution in [0.15, 0.2) is 0 Å². The van der Waals surface area contributed by atoms with Crippen molar-refractivity contribution < 1.29 is 4.98 Å². The number of nitrogens with one attached hydrogen (secondary N) is 1. The van der Waals surface area contributed by atoms with Crippen molar-refractivity contribution in [1.82, 2.24) is 0 Å². The fourth-order valence-corrected chi connectivity index (χ4v) is 3.01. The van der Waals surface area contributed by atoms with Gasteiger partial charge in [-0.3, -0.25) is 0 Å². The van der Waals surface area contributed by atoms with E-state index >= 15 is 0 Å². The van der Waals surface area contributed by atoms with Gasteiger partial charge in [0.05, 0.1) is 5.69 Å². The lowest BCUT2D eigenvalue weighted by Crippen LogP contribution is -2.33. The van der Waals surface area contributed by atoms with Gasteiger partial charge in [0, 0.05) is 13.1 Å². The molecule has 2 heterocycles. The number of halogens is 4. The molecular weight excluding hydrogens is 302 g/mol. The third-order valence-electron chi connectivity index (χ3n) is 3.12. The van der Waals surface area contributed by atoms with E-state index in [1.807, 2.05) is 0 Å². The van der Waals surface area contributed by atoms with Crippen molar-refractivity contribution in [2.45, 2.75) is 19.8 Å². The summed E-state index contributed by atoms with van der Waals surface area (Å²) in [6, 6.07) is 0. The van der Waals surface area contributed by atoms with Gasteiger partial charge in [-0.05, 0) is 42.0 Å². The van der Waals surface area contributed by atoms with Crippen LogP contribution in [0.1, 0.15) is 19.8 Å². The summed E-state index contributed by atoms with van der Waals surface area (Å²) in [5.41, 5.74) is 0.744. The number of anilines is 1. The molecule has 0 unspecified atom stereocenters. The molecule has 2 rings (SSSR count). The van der Waals surface area contributed by atoms with Crippen molar-refractivity contribution in [3.63, 3.8) is 0 Å². The zero-order valence-corrected chi connectivity index (χ0v) is 12.4. The Morgan fingerprint density at radius 1 is 1.00 bits per heavy atom. The van der Waals surface area contributed by atoms with Gasteiger partial charge in [0.2, 0.25) is 0 Å². The molecule has 0 radical (unpaired) electrons. The van der Waals surface area contributed by atoms with E-state index in [9.17, 15) is 0 Å². The minimum absolute atomic E-state index is 0.328. The number of rotatable bonds is 1. The molecule has 0 amide bonds. The second-order valence-corrected chi connectivity index (χ2v) is 5.91. The highest BCUT2D eigenvalue weighted by molar-refractivity contribution is 6.47. The highest BCUT2D eigenvalue weighted by atomic mass is 35.5. The molecule has 1 aliphatic rings. The first-order chi connectivity index (χ1) is 8.00. The first-order valence-electron chi connectivity index (χ1n) is 5.51. The van der Waals surface area contributed by atoms with Crippen molar-refractivity contribution in [3.05, 3.63) is 20.4 Å². The van der Waals surface area contributed by atoms with Gasteiger partial charge in [-0.1, -0.05) is 30.1 Å². The van der Waals surface area contributed by atoms with Crippen molar-refractivity contribution in [1.29, 1.82) is 0 Å². The van der Waals surface area contributed by atoms with E-state index in [1.54, 1.807) is 0 Å². The van der Waals surface area contributed by atoms with E-state index in [0.717, 1.165) is 37.5 Å². The minimum atomic E-state index is 0.328. The first-order valence-corrected chi connectivity index (χ1v) is 7.02. The molecule has 6 heteroatoms. The lowest BCUT2D eigenvalue weighted by Gasteiger charge is -2.32. The third-order valence-corrected chi connectivity index (χ3v) is 4.62. The van der Waals surface area contributed by atoms with Crippen LogP contribution in [0, 0.1) is 5.92 Å². The molecule has 0 bridgehead atoms. The van der Waals surface area contributed by atoms with Gasteiger partial charge >= 0.3 is 0 Å². The lowest BCUT2D eigenvalue weighted by atomic mass is 9.99. The van der Waals surface area contributed by atoms with Crippen LogP contribution in [0.2, 0.25) is 20.4 Å². The van der Waals surface area contributed by atoms with Crippen LogP contribution < -0.4 is 9.88 Å². The van der Waals surface area contributed by atoms with Crippen molar-refractivity contribution in [3.8, 4) is 0 Å². The summed E-state index contributed by atoms with van der Waals surface area (Å²) in [6.07, 6.45) is 2.25. The SMILES string of the molecule is CC1CCN(c2c(Cl)c(Cl)[nH+]c(Cl)c2Cl)CC1. The van der Waals surface area contributed by atoms with Gasteiger partial charge in [0.1, 0.15) is 10.0 Å². The number of aromatic nitrogens is 1. The lowest BCUT2D eigenvalue weighted by molar-refractivity contribution is -0.372. The molecule has 0 aliphatic carbocycles. The van der Waals surface area contributed by atoms with Crippen molar-refractivity contribution >= 4 is 52.1 Å². The molecule has 1 aromatic rings. The quantitative estimate of drug-likeness (QED) is 0.704. The van der Waals surface area contributed by atoms with E-state index in [-0.39, 0.29) is 0 Å². The standard InChI is InChI=1S/C11H12Cl4N2/c1-6-2-4-17(5-3-6)9-7(12)10(14)16-11(15)8(9)13/h6H,2-5H2,1H3/p+1. The smallest absolute Gasteiger partial charge is 0.295 e. The maximum absolute atomic E-state index is 6.19. The van der Waals surface area contributed by atoms with Crippen LogP contribution in [-0.4, -0.2) is 13.1 Å². The molecule has 94 valence electrons. The summed E-state index contributed by atoms with van der Waals surface area (Å²) >= 11 is 24.3. The zero-order chi connectivity index (χ0) is 12.6. The maximum atomic E-state index is 6.19. The molecule has 2 nitrogen and oxygen atoms in total. The molecule has 1 saturated heterocycles. The van der Waals surface area contributed by atoms with Crippen LogP contribution in [-0.2, 0) is 0 Å². The Hall–Kier alpha value is 0.110. The Labute approximate surface area is 121 Å². The molecule has 1 aromatic heterocycles. The van der Waals surface area contributed by atoms with Gasteiger partial charge in [-0.25, -0.2) is 0 Å². The van der Waals surface area contributed by atoms with Gasteiger partial charge in [0.25, 0.3) is 10.3 Å². The number of pyridine rings is 1.